The molecule has 3 aliphatic rings. The van der Waals surface area contributed by atoms with Crippen molar-refractivity contribution in [2.24, 2.45) is 11.8 Å². The van der Waals surface area contributed by atoms with E-state index in [9.17, 15) is 4.79 Å². The van der Waals surface area contributed by atoms with Crippen LogP contribution in [0.15, 0.2) is 35.6 Å². The smallest absolute Gasteiger partial charge is 0.146 e. The van der Waals surface area contributed by atoms with Gasteiger partial charge in [-0.2, -0.15) is 0 Å². The van der Waals surface area contributed by atoms with Crippen molar-refractivity contribution in [2.45, 2.75) is 19.3 Å². The minimum Gasteiger partial charge on any atom is -0.496 e. The van der Waals surface area contributed by atoms with Crippen LogP contribution in [0.25, 0.3) is 0 Å². The largest absolute Gasteiger partial charge is 0.496 e. The monoisotopic (exact) mass is 202 g/mol. The van der Waals surface area contributed by atoms with Gasteiger partial charge in [-0.05, 0) is 18.4 Å². The third-order valence-corrected chi connectivity index (χ3v) is 3.49. The molecule has 0 aromatic carbocycles. The highest BCUT2D eigenvalue weighted by Gasteiger charge is 2.36. The number of allylic oxidation sites excluding steroid dienone is 6. The molecule has 15 heavy (non-hydrogen) atoms. The molecule has 3 rings (SSSR count). The van der Waals surface area contributed by atoms with Crippen LogP contribution in [0.1, 0.15) is 19.3 Å². The molecule has 0 aromatic rings. The van der Waals surface area contributed by atoms with E-state index in [0.717, 1.165) is 18.6 Å². The highest BCUT2D eigenvalue weighted by Crippen LogP contribution is 2.40. The molecule has 0 N–H and O–H groups in total. The molecular weight excluding hydrogens is 188 g/mol. The average molecular weight is 202 g/mol. The van der Waals surface area contributed by atoms with Crippen LogP contribution in [0.3, 0.4) is 0 Å². The number of carbonyl (C=O) groups excluding carboxylic acids is 1. The van der Waals surface area contributed by atoms with Gasteiger partial charge in [0.05, 0.1) is 12.5 Å². The molecule has 2 aliphatic carbocycles. The molecule has 1 heterocycles. The molecule has 0 saturated carbocycles. The van der Waals surface area contributed by atoms with E-state index in [2.05, 4.69) is 18.2 Å². The van der Waals surface area contributed by atoms with E-state index in [0.29, 0.717) is 24.7 Å². The minimum atomic E-state index is 0.0566. The van der Waals surface area contributed by atoms with Gasteiger partial charge in [0.1, 0.15) is 11.5 Å². The molecule has 0 spiro atoms. The molecule has 1 aliphatic heterocycles. The van der Waals surface area contributed by atoms with Gasteiger partial charge < -0.3 is 4.74 Å². The second-order valence-electron chi connectivity index (χ2n) is 4.36. The number of carbonyl (C=O) groups is 1. The first-order valence-corrected chi connectivity index (χ1v) is 5.61. The highest BCUT2D eigenvalue weighted by atomic mass is 16.5. The summed E-state index contributed by atoms with van der Waals surface area (Å²) < 4.78 is 5.70. The van der Waals surface area contributed by atoms with Crippen molar-refractivity contribution >= 4 is 5.78 Å². The van der Waals surface area contributed by atoms with Crippen LogP contribution in [-0.4, -0.2) is 12.4 Å². The summed E-state index contributed by atoms with van der Waals surface area (Å²) >= 11 is 0. The Labute approximate surface area is 89.3 Å². The lowest BCUT2D eigenvalue weighted by Crippen LogP contribution is -2.31. The van der Waals surface area contributed by atoms with Crippen molar-refractivity contribution in [3.8, 4) is 0 Å². The Morgan fingerprint density at radius 3 is 3.13 bits per heavy atom. The summed E-state index contributed by atoms with van der Waals surface area (Å²) in [5, 5.41) is 0. The zero-order chi connectivity index (χ0) is 10.3. The van der Waals surface area contributed by atoms with E-state index < -0.39 is 0 Å². The molecule has 2 atom stereocenters. The predicted molar refractivity (Wildman–Crippen MR) is 57.1 cm³/mol. The lowest BCUT2D eigenvalue weighted by molar-refractivity contribution is -0.127. The van der Waals surface area contributed by atoms with Gasteiger partial charge in [-0.25, -0.2) is 0 Å². The van der Waals surface area contributed by atoms with Crippen LogP contribution in [0, 0.1) is 11.8 Å². The van der Waals surface area contributed by atoms with Gasteiger partial charge in [-0.15, -0.1) is 0 Å². The van der Waals surface area contributed by atoms with Crippen molar-refractivity contribution in [3.05, 3.63) is 35.6 Å². The Kier molecular flexibility index (Phi) is 2.01. The lowest BCUT2D eigenvalue weighted by atomic mass is 9.76. The van der Waals surface area contributed by atoms with Crippen LogP contribution in [0.4, 0.5) is 0 Å². The van der Waals surface area contributed by atoms with Crippen molar-refractivity contribution < 1.29 is 9.53 Å². The molecule has 78 valence electrons. The van der Waals surface area contributed by atoms with Crippen LogP contribution in [-0.2, 0) is 9.53 Å². The van der Waals surface area contributed by atoms with Gasteiger partial charge in [-0.3, -0.25) is 4.79 Å². The van der Waals surface area contributed by atoms with Crippen LogP contribution in [0.5, 0.6) is 0 Å². The summed E-state index contributed by atoms with van der Waals surface area (Å²) in [6.45, 7) is 0.568. The van der Waals surface area contributed by atoms with E-state index in [-0.39, 0.29) is 5.92 Å². The van der Waals surface area contributed by atoms with Crippen LogP contribution >= 0.6 is 0 Å². The van der Waals surface area contributed by atoms with Crippen molar-refractivity contribution in [2.75, 3.05) is 6.61 Å². The summed E-state index contributed by atoms with van der Waals surface area (Å²) in [6.07, 6.45) is 11.1. The lowest BCUT2D eigenvalue weighted by Gasteiger charge is -2.34. The number of ether oxygens (including phenoxy) is 1. The first-order chi connectivity index (χ1) is 7.36. The summed E-state index contributed by atoms with van der Waals surface area (Å²) in [6, 6.07) is 0. The molecule has 2 heteroatoms. The normalized spacial score (nSPS) is 33.5. The molecular formula is C13H14O2. The van der Waals surface area contributed by atoms with E-state index in [1.807, 2.05) is 6.08 Å². The third kappa shape index (κ3) is 1.36. The first-order valence-electron chi connectivity index (χ1n) is 5.61. The minimum absolute atomic E-state index is 0.0566. The fraction of sp³-hybridized carbons (Fsp3) is 0.462. The maximum atomic E-state index is 11.7. The third-order valence-electron chi connectivity index (χ3n) is 3.49. The van der Waals surface area contributed by atoms with E-state index in [1.165, 1.54) is 5.57 Å². The Balaban J connectivity index is 2.04. The number of hydrogen-bond acceptors (Lipinski definition) is 2. The second-order valence-corrected chi connectivity index (χ2v) is 4.36. The van der Waals surface area contributed by atoms with Crippen molar-refractivity contribution in [3.63, 3.8) is 0 Å². The summed E-state index contributed by atoms with van der Waals surface area (Å²) in [5.74, 6) is 1.86. The molecule has 2 unspecified atom stereocenters. The maximum Gasteiger partial charge on any atom is 0.146 e. The van der Waals surface area contributed by atoms with Gasteiger partial charge in [-0.1, -0.05) is 24.3 Å². The van der Waals surface area contributed by atoms with Gasteiger partial charge in [0.15, 0.2) is 0 Å². The Morgan fingerprint density at radius 2 is 2.20 bits per heavy atom. The van der Waals surface area contributed by atoms with E-state index >= 15 is 0 Å². The average Bonchev–Trinajstić information content (AvgIpc) is 2.29. The van der Waals surface area contributed by atoms with Crippen molar-refractivity contribution in [1.82, 2.24) is 0 Å². The number of Topliss-reactive ketones (excluding diaryl/α,β-unsaturated/α-hetero) is 1. The number of hydrogen-bond donors (Lipinski definition) is 0. The molecule has 1 fully saturated rings. The molecule has 1 saturated heterocycles. The summed E-state index contributed by atoms with van der Waals surface area (Å²) in [4.78, 5) is 11.7. The number of fused-ring (bicyclic) bond motifs is 2. The predicted octanol–water partition coefficient (Wildman–Crippen LogP) is 2.38. The quantitative estimate of drug-likeness (QED) is 0.603. The molecule has 0 bridgehead atoms. The van der Waals surface area contributed by atoms with Crippen LogP contribution in [0.2, 0.25) is 0 Å². The molecule has 0 amide bonds. The zero-order valence-corrected chi connectivity index (χ0v) is 8.61. The van der Waals surface area contributed by atoms with E-state index in [4.69, 9.17) is 4.74 Å². The van der Waals surface area contributed by atoms with E-state index in [1.54, 1.807) is 0 Å². The Morgan fingerprint density at radius 1 is 1.27 bits per heavy atom. The molecule has 0 radical (unpaired) electrons. The van der Waals surface area contributed by atoms with Crippen LogP contribution < -0.4 is 0 Å². The summed E-state index contributed by atoms with van der Waals surface area (Å²) in [7, 11) is 0. The summed E-state index contributed by atoms with van der Waals surface area (Å²) in [5.41, 5.74) is 1.24. The van der Waals surface area contributed by atoms with Gasteiger partial charge in [0.25, 0.3) is 0 Å². The zero-order valence-electron chi connectivity index (χ0n) is 8.61. The van der Waals surface area contributed by atoms with Gasteiger partial charge >= 0.3 is 0 Å². The van der Waals surface area contributed by atoms with Gasteiger partial charge in [0.2, 0.25) is 0 Å². The number of rotatable bonds is 0. The van der Waals surface area contributed by atoms with Crippen molar-refractivity contribution in [1.29, 1.82) is 0 Å². The SMILES string of the molecule is O=C1CCOC2=C3C=CC=CC3CCC12. The topological polar surface area (TPSA) is 26.3 Å². The standard InChI is InChI=1S/C13H14O2/c14-12-7-8-15-13-10-4-2-1-3-9(10)5-6-11(12)13/h1-4,9,11H,5-8H2. The number of ketones is 1. The maximum absolute atomic E-state index is 11.7. The fourth-order valence-corrected chi connectivity index (χ4v) is 2.71. The van der Waals surface area contributed by atoms with Gasteiger partial charge in [0, 0.05) is 12.3 Å². The fourth-order valence-electron chi connectivity index (χ4n) is 2.71. The Hall–Kier alpha value is -1.31. The Bertz CT molecular complexity index is 387. The highest BCUT2D eigenvalue weighted by molar-refractivity contribution is 5.84. The molecule has 2 nitrogen and oxygen atoms in total. The first kappa shape index (κ1) is 8.96. The second kappa shape index (κ2) is 3.37. The molecule has 0 aromatic heterocycles.